The molecule has 0 saturated carbocycles. The number of amides is 1. The number of hydrogen-bond donors (Lipinski definition) is 2. The van der Waals surface area contributed by atoms with Gasteiger partial charge in [0.25, 0.3) is 13.9 Å². The Labute approximate surface area is 174 Å². The fraction of sp³-hybridized carbons (Fsp3) is 0.0909. The van der Waals surface area contributed by atoms with Crippen LogP contribution in [0.3, 0.4) is 0 Å². The third-order valence-electron chi connectivity index (χ3n) is 5.06. The molecule has 0 atom stereocenters. The standard InChI is InChI=1S/C22H17BN6O/c1-13-2-3-16(11-24-13)14-4-6-15(7-5-14)20-27-22(29(23)28-20)26-18-8-9-19-17(10-18)12-25-21(19)30/h2-11H,12H2,1H3,(H,25,30)(H,26,27,28). The van der Waals surface area contributed by atoms with Gasteiger partial charge in [-0.15, -0.1) is 0 Å². The van der Waals surface area contributed by atoms with Crippen molar-refractivity contribution in [1.82, 2.24) is 25.0 Å². The molecule has 0 saturated heterocycles. The quantitative estimate of drug-likeness (QED) is 0.521. The lowest BCUT2D eigenvalue weighted by Gasteiger charge is -2.06. The number of nitrogens with one attached hydrogen (secondary N) is 2. The molecule has 2 aromatic carbocycles. The van der Waals surface area contributed by atoms with Crippen LogP contribution < -0.4 is 10.6 Å². The molecule has 0 bridgehead atoms. The zero-order chi connectivity index (χ0) is 20.7. The van der Waals surface area contributed by atoms with E-state index in [1.54, 1.807) is 6.07 Å². The van der Waals surface area contributed by atoms with Crippen molar-refractivity contribution in [2.75, 3.05) is 5.32 Å². The lowest BCUT2D eigenvalue weighted by molar-refractivity contribution is 0.0966. The van der Waals surface area contributed by atoms with Gasteiger partial charge < -0.3 is 10.6 Å². The van der Waals surface area contributed by atoms with E-state index in [9.17, 15) is 4.79 Å². The highest BCUT2D eigenvalue weighted by atomic mass is 16.1. The van der Waals surface area contributed by atoms with Gasteiger partial charge in [0, 0.05) is 40.8 Å². The summed E-state index contributed by atoms with van der Waals surface area (Å²) in [6.45, 7) is 2.49. The number of anilines is 2. The molecule has 7 nitrogen and oxygen atoms in total. The van der Waals surface area contributed by atoms with E-state index < -0.39 is 0 Å². The summed E-state index contributed by atoms with van der Waals surface area (Å²) in [7, 11) is 6.00. The van der Waals surface area contributed by atoms with Crippen molar-refractivity contribution < 1.29 is 4.79 Å². The predicted molar refractivity (Wildman–Crippen MR) is 115 cm³/mol. The first kappa shape index (κ1) is 18.1. The molecule has 0 aliphatic carbocycles. The van der Waals surface area contributed by atoms with Crippen molar-refractivity contribution in [1.29, 1.82) is 0 Å². The van der Waals surface area contributed by atoms with Gasteiger partial charge in [0.05, 0.1) is 0 Å². The van der Waals surface area contributed by atoms with E-state index in [1.165, 1.54) is 4.59 Å². The average molecular weight is 392 g/mol. The van der Waals surface area contributed by atoms with Crippen LogP contribution >= 0.6 is 0 Å². The zero-order valence-corrected chi connectivity index (χ0v) is 16.3. The Hall–Kier alpha value is -3.94. The van der Waals surface area contributed by atoms with Crippen molar-refractivity contribution in [2.24, 2.45) is 0 Å². The van der Waals surface area contributed by atoms with Crippen LogP contribution in [0.25, 0.3) is 22.5 Å². The van der Waals surface area contributed by atoms with Crippen LogP contribution in [0, 0.1) is 6.92 Å². The topological polar surface area (TPSA) is 84.7 Å². The number of carbonyl (C=O) groups excluding carboxylic acids is 1. The summed E-state index contributed by atoms with van der Waals surface area (Å²) in [6, 6.07) is 17.5. The van der Waals surface area contributed by atoms with E-state index in [0.29, 0.717) is 23.9 Å². The van der Waals surface area contributed by atoms with E-state index in [1.807, 2.05) is 61.7 Å². The SMILES string of the molecule is [B]n1nc(-c2ccc(-c3ccc(C)nc3)cc2)nc1Nc1ccc2c(c1)CNC2=O. The Morgan fingerprint density at radius 2 is 1.80 bits per heavy atom. The first-order valence-corrected chi connectivity index (χ1v) is 9.50. The summed E-state index contributed by atoms with van der Waals surface area (Å²) in [6.07, 6.45) is 1.86. The molecule has 0 unspecified atom stereocenters. The van der Waals surface area contributed by atoms with Crippen molar-refractivity contribution in [3.63, 3.8) is 0 Å². The minimum absolute atomic E-state index is 0.0503. The van der Waals surface area contributed by atoms with Gasteiger partial charge in [0.2, 0.25) is 5.95 Å². The lowest BCUT2D eigenvalue weighted by Crippen LogP contribution is -2.12. The van der Waals surface area contributed by atoms with E-state index in [0.717, 1.165) is 33.6 Å². The number of aryl methyl sites for hydroxylation is 1. The summed E-state index contributed by atoms with van der Waals surface area (Å²) in [4.78, 5) is 20.6. The highest BCUT2D eigenvalue weighted by molar-refractivity contribution is 6.07. The predicted octanol–water partition coefficient (Wildman–Crippen LogP) is 3.23. The van der Waals surface area contributed by atoms with Gasteiger partial charge in [-0.2, -0.15) is 10.1 Å². The second-order valence-electron chi connectivity index (χ2n) is 7.15. The normalized spacial score (nSPS) is 12.5. The van der Waals surface area contributed by atoms with Gasteiger partial charge in [-0.3, -0.25) is 14.4 Å². The Kier molecular flexibility index (Phi) is 4.32. The lowest BCUT2D eigenvalue weighted by atomic mass is 10.1. The molecular weight excluding hydrogens is 375 g/mol. The van der Waals surface area contributed by atoms with Gasteiger partial charge in [-0.05, 0) is 42.3 Å². The maximum atomic E-state index is 11.7. The van der Waals surface area contributed by atoms with Crippen LogP contribution in [-0.2, 0) is 6.54 Å². The second-order valence-corrected chi connectivity index (χ2v) is 7.15. The summed E-state index contributed by atoms with van der Waals surface area (Å²) in [5, 5.41) is 10.3. The van der Waals surface area contributed by atoms with Crippen LogP contribution in [0.15, 0.2) is 60.8 Å². The Morgan fingerprint density at radius 3 is 2.57 bits per heavy atom. The smallest absolute Gasteiger partial charge is 0.269 e. The van der Waals surface area contributed by atoms with Crippen LogP contribution in [0.4, 0.5) is 11.6 Å². The molecule has 0 fully saturated rings. The number of hydrogen-bond acceptors (Lipinski definition) is 5. The number of nitrogens with zero attached hydrogens (tertiary/aromatic N) is 4. The van der Waals surface area contributed by atoms with Crippen molar-refractivity contribution in [3.05, 3.63) is 77.6 Å². The molecule has 3 heterocycles. The number of aromatic nitrogens is 4. The number of benzene rings is 2. The fourth-order valence-electron chi connectivity index (χ4n) is 3.42. The average Bonchev–Trinajstić information content (AvgIpc) is 3.31. The molecular formula is C22H17BN6O. The molecule has 2 radical (unpaired) electrons. The molecule has 8 heteroatoms. The molecule has 5 rings (SSSR count). The Morgan fingerprint density at radius 1 is 1.03 bits per heavy atom. The number of carbonyl (C=O) groups is 1. The van der Waals surface area contributed by atoms with Crippen LogP contribution in [0.2, 0.25) is 0 Å². The summed E-state index contributed by atoms with van der Waals surface area (Å²) < 4.78 is 1.21. The maximum absolute atomic E-state index is 11.7. The van der Waals surface area contributed by atoms with Crippen molar-refractivity contribution >= 4 is 25.5 Å². The molecule has 1 aliphatic rings. The first-order chi connectivity index (χ1) is 14.6. The second kappa shape index (κ2) is 7.15. The van der Waals surface area contributed by atoms with E-state index in [2.05, 4.69) is 25.7 Å². The largest absolute Gasteiger partial charge is 0.348 e. The molecule has 2 N–H and O–H groups in total. The van der Waals surface area contributed by atoms with Crippen LogP contribution in [0.1, 0.15) is 21.6 Å². The first-order valence-electron chi connectivity index (χ1n) is 9.50. The monoisotopic (exact) mass is 392 g/mol. The molecule has 144 valence electrons. The molecule has 2 aromatic heterocycles. The number of pyridine rings is 1. The van der Waals surface area contributed by atoms with E-state index in [-0.39, 0.29) is 5.91 Å². The van der Waals surface area contributed by atoms with E-state index in [4.69, 9.17) is 7.98 Å². The Bertz CT molecular complexity index is 1250. The van der Waals surface area contributed by atoms with Crippen molar-refractivity contribution in [2.45, 2.75) is 13.5 Å². The van der Waals surface area contributed by atoms with Crippen LogP contribution in [0.5, 0.6) is 0 Å². The third-order valence-corrected chi connectivity index (χ3v) is 5.06. The van der Waals surface area contributed by atoms with E-state index >= 15 is 0 Å². The molecule has 4 aromatic rings. The molecule has 1 aliphatic heterocycles. The minimum atomic E-state index is -0.0503. The minimum Gasteiger partial charge on any atom is -0.348 e. The number of rotatable bonds is 4. The molecule has 30 heavy (non-hydrogen) atoms. The Balaban J connectivity index is 1.37. The fourth-order valence-corrected chi connectivity index (χ4v) is 3.42. The highest BCUT2D eigenvalue weighted by Crippen LogP contribution is 2.26. The van der Waals surface area contributed by atoms with Gasteiger partial charge in [-0.25, -0.2) is 0 Å². The number of fused-ring (bicyclic) bond motifs is 1. The van der Waals surface area contributed by atoms with Gasteiger partial charge in [-0.1, -0.05) is 30.3 Å². The molecule has 1 amide bonds. The summed E-state index contributed by atoms with van der Waals surface area (Å²) in [5.74, 6) is 0.881. The molecule has 0 spiro atoms. The summed E-state index contributed by atoms with van der Waals surface area (Å²) >= 11 is 0. The highest BCUT2D eigenvalue weighted by Gasteiger charge is 2.19. The van der Waals surface area contributed by atoms with Crippen LogP contribution in [-0.4, -0.2) is 33.5 Å². The van der Waals surface area contributed by atoms with Crippen molar-refractivity contribution in [3.8, 4) is 22.5 Å². The third kappa shape index (κ3) is 3.32. The zero-order valence-electron chi connectivity index (χ0n) is 16.3. The van der Waals surface area contributed by atoms with Gasteiger partial charge >= 0.3 is 0 Å². The van der Waals surface area contributed by atoms with Gasteiger partial charge in [0.15, 0.2) is 5.82 Å². The summed E-state index contributed by atoms with van der Waals surface area (Å²) in [5.41, 5.74) is 6.38. The van der Waals surface area contributed by atoms with Gasteiger partial charge in [0.1, 0.15) is 0 Å². The maximum Gasteiger partial charge on any atom is 0.269 e.